The molecule has 0 unspecified atom stereocenters. The van der Waals surface area contributed by atoms with Crippen molar-refractivity contribution in [1.29, 1.82) is 0 Å². The van der Waals surface area contributed by atoms with Gasteiger partial charge in [-0.3, -0.25) is 0 Å². The Balaban J connectivity index is 1.00. The number of hydrogen-bond acceptors (Lipinski definition) is 7. The average molecular weight is 551 g/mol. The SMILES string of the molecule is COc1ccc2c(CCNCCO/N=C3/CC[C@H]4[C@@H]5CC[C@H]6C[C@H](O)CC[C@]6(C)[C@H]5CC[C@]34C)cc(=O)oc2c1. The molecule has 1 heterocycles. The van der Waals surface area contributed by atoms with Gasteiger partial charge in [0.15, 0.2) is 0 Å². The van der Waals surface area contributed by atoms with E-state index >= 15 is 0 Å². The highest BCUT2D eigenvalue weighted by atomic mass is 16.6. The minimum atomic E-state index is -0.341. The van der Waals surface area contributed by atoms with E-state index in [4.69, 9.17) is 19.1 Å². The lowest BCUT2D eigenvalue weighted by atomic mass is 9.45. The number of benzene rings is 1. The smallest absolute Gasteiger partial charge is 0.336 e. The van der Waals surface area contributed by atoms with Crippen LogP contribution in [0.4, 0.5) is 0 Å². The molecule has 2 aromatic rings. The van der Waals surface area contributed by atoms with Crippen LogP contribution in [0.25, 0.3) is 11.0 Å². The maximum atomic E-state index is 12.0. The maximum Gasteiger partial charge on any atom is 0.336 e. The molecule has 4 saturated carbocycles. The highest BCUT2D eigenvalue weighted by Crippen LogP contribution is 2.65. The van der Waals surface area contributed by atoms with Gasteiger partial charge >= 0.3 is 5.63 Å². The third-order valence-electron chi connectivity index (χ3n) is 11.5. The molecule has 7 heteroatoms. The number of nitrogens with one attached hydrogen (secondary N) is 1. The molecule has 0 spiro atoms. The van der Waals surface area contributed by atoms with Crippen molar-refractivity contribution in [2.24, 2.45) is 39.7 Å². The fourth-order valence-electron chi connectivity index (χ4n) is 9.31. The van der Waals surface area contributed by atoms with Crippen molar-refractivity contribution in [3.63, 3.8) is 0 Å². The van der Waals surface area contributed by atoms with Crippen molar-refractivity contribution in [2.75, 3.05) is 26.8 Å². The molecule has 0 aliphatic heterocycles. The highest BCUT2D eigenvalue weighted by molar-refractivity contribution is 5.92. The lowest BCUT2D eigenvalue weighted by Gasteiger charge is -2.60. The first-order valence-electron chi connectivity index (χ1n) is 15.5. The largest absolute Gasteiger partial charge is 0.497 e. The van der Waals surface area contributed by atoms with Gasteiger partial charge in [-0.05, 0) is 118 Å². The molecule has 4 aliphatic carbocycles. The Hall–Kier alpha value is -2.38. The van der Waals surface area contributed by atoms with Gasteiger partial charge in [0.05, 0.1) is 18.9 Å². The molecular weight excluding hydrogens is 504 g/mol. The van der Waals surface area contributed by atoms with Crippen LogP contribution in [0.3, 0.4) is 0 Å². The average Bonchev–Trinajstić information content (AvgIpc) is 3.28. The summed E-state index contributed by atoms with van der Waals surface area (Å²) in [5.41, 5.74) is 3.04. The van der Waals surface area contributed by atoms with Crippen LogP contribution in [-0.4, -0.2) is 43.7 Å². The Morgan fingerprint density at radius 2 is 1.95 bits per heavy atom. The fraction of sp³-hybridized carbons (Fsp3) is 0.697. The van der Waals surface area contributed by atoms with Gasteiger partial charge in [-0.2, -0.15) is 0 Å². The predicted octanol–water partition coefficient (Wildman–Crippen LogP) is 5.71. The van der Waals surface area contributed by atoms with Crippen molar-refractivity contribution >= 4 is 16.7 Å². The lowest BCUT2D eigenvalue weighted by molar-refractivity contribution is -0.114. The summed E-state index contributed by atoms with van der Waals surface area (Å²) in [6.45, 7) is 6.99. The molecule has 4 aliphatic rings. The summed E-state index contributed by atoms with van der Waals surface area (Å²) in [7, 11) is 1.60. The lowest BCUT2D eigenvalue weighted by Crippen LogP contribution is -2.54. The van der Waals surface area contributed by atoms with Gasteiger partial charge in [0.25, 0.3) is 0 Å². The molecule has 0 radical (unpaired) electrons. The summed E-state index contributed by atoms with van der Waals surface area (Å²) in [5.74, 6) is 3.69. The number of aliphatic hydroxyl groups excluding tert-OH is 1. The van der Waals surface area contributed by atoms with Crippen molar-refractivity contribution in [2.45, 2.75) is 84.2 Å². The Morgan fingerprint density at radius 1 is 1.07 bits per heavy atom. The minimum absolute atomic E-state index is 0.0789. The molecule has 0 saturated heterocycles. The number of oxime groups is 1. The molecule has 1 aromatic heterocycles. The van der Waals surface area contributed by atoms with E-state index in [0.29, 0.717) is 35.8 Å². The summed E-state index contributed by atoms with van der Waals surface area (Å²) in [5, 5.41) is 19.4. The molecule has 4 fully saturated rings. The number of methoxy groups -OCH3 is 1. The molecule has 40 heavy (non-hydrogen) atoms. The molecule has 1 aromatic carbocycles. The standard InChI is InChI=1S/C33H46N2O5/c1-32-13-10-23(36)19-22(32)4-6-26-27-8-9-30(33(27,2)14-11-28(26)32)35-39-17-16-34-15-12-21-18-31(37)40-29-20-24(38-3)5-7-25(21)29/h5,7,18,20,22-23,26-28,34,36H,4,6,8-17,19H2,1-3H3/b35-30-/t22-,23+,26-,27-,28-,32-,33-/m0/s1. The first-order chi connectivity index (χ1) is 19.3. The maximum absolute atomic E-state index is 12.0. The van der Waals surface area contributed by atoms with Gasteiger partial charge in [-0.25, -0.2) is 4.79 Å². The summed E-state index contributed by atoms with van der Waals surface area (Å²) >= 11 is 0. The molecule has 2 N–H and O–H groups in total. The second-order valence-electron chi connectivity index (χ2n) is 13.4. The highest BCUT2D eigenvalue weighted by Gasteiger charge is 2.59. The van der Waals surface area contributed by atoms with Gasteiger partial charge in [-0.15, -0.1) is 0 Å². The van der Waals surface area contributed by atoms with Crippen LogP contribution in [0.5, 0.6) is 5.75 Å². The van der Waals surface area contributed by atoms with Crippen molar-refractivity contribution < 1.29 is 19.1 Å². The van der Waals surface area contributed by atoms with Crippen LogP contribution in [-0.2, 0) is 11.3 Å². The van der Waals surface area contributed by atoms with E-state index in [1.807, 2.05) is 12.1 Å². The van der Waals surface area contributed by atoms with E-state index in [2.05, 4.69) is 19.2 Å². The van der Waals surface area contributed by atoms with Gasteiger partial charge in [-0.1, -0.05) is 19.0 Å². The number of aliphatic hydroxyl groups is 1. The number of ether oxygens (including phenoxy) is 1. The molecule has 0 bridgehead atoms. The van der Waals surface area contributed by atoms with Crippen LogP contribution >= 0.6 is 0 Å². The second kappa shape index (κ2) is 11.1. The summed E-state index contributed by atoms with van der Waals surface area (Å²) < 4.78 is 10.6. The number of hydrogen-bond donors (Lipinski definition) is 2. The van der Waals surface area contributed by atoms with Crippen molar-refractivity contribution in [3.05, 3.63) is 40.2 Å². The number of fused-ring (bicyclic) bond motifs is 6. The van der Waals surface area contributed by atoms with Crippen LogP contribution < -0.4 is 15.7 Å². The van der Waals surface area contributed by atoms with Gasteiger partial charge in [0.1, 0.15) is 17.9 Å². The molecule has 7 nitrogen and oxygen atoms in total. The van der Waals surface area contributed by atoms with Crippen LogP contribution in [0.2, 0.25) is 0 Å². The van der Waals surface area contributed by atoms with Crippen molar-refractivity contribution in [3.8, 4) is 5.75 Å². The minimum Gasteiger partial charge on any atom is -0.497 e. The third kappa shape index (κ3) is 4.98. The van der Waals surface area contributed by atoms with Crippen LogP contribution in [0, 0.1) is 34.5 Å². The Kier molecular flexibility index (Phi) is 7.73. The van der Waals surface area contributed by atoms with E-state index in [1.165, 1.54) is 44.2 Å². The molecule has 218 valence electrons. The third-order valence-corrected chi connectivity index (χ3v) is 11.5. The van der Waals surface area contributed by atoms with Gasteiger partial charge < -0.3 is 24.4 Å². The van der Waals surface area contributed by atoms with E-state index in [-0.39, 0.29) is 17.1 Å². The predicted molar refractivity (Wildman–Crippen MR) is 157 cm³/mol. The van der Waals surface area contributed by atoms with Gasteiger partial charge in [0.2, 0.25) is 0 Å². The Bertz CT molecular complexity index is 1310. The first kappa shape index (κ1) is 27.8. The second-order valence-corrected chi connectivity index (χ2v) is 13.4. The molecule has 0 amide bonds. The quantitative estimate of drug-likeness (QED) is 0.248. The van der Waals surface area contributed by atoms with Gasteiger partial charge in [0, 0.05) is 29.5 Å². The van der Waals surface area contributed by atoms with Crippen LogP contribution in [0.15, 0.2) is 38.6 Å². The molecule has 7 atom stereocenters. The topological polar surface area (TPSA) is 93.3 Å². The molecular formula is C33H46N2O5. The van der Waals surface area contributed by atoms with Crippen LogP contribution in [0.1, 0.15) is 77.2 Å². The number of nitrogens with zero attached hydrogens (tertiary/aromatic N) is 1. The van der Waals surface area contributed by atoms with E-state index in [1.54, 1.807) is 19.2 Å². The monoisotopic (exact) mass is 550 g/mol. The van der Waals surface area contributed by atoms with E-state index < -0.39 is 0 Å². The molecule has 6 rings (SSSR count). The van der Waals surface area contributed by atoms with E-state index in [9.17, 15) is 9.90 Å². The first-order valence-corrected chi connectivity index (χ1v) is 15.5. The number of rotatable bonds is 8. The summed E-state index contributed by atoms with van der Waals surface area (Å²) in [6.07, 6.45) is 11.3. The summed E-state index contributed by atoms with van der Waals surface area (Å²) in [6, 6.07) is 7.17. The summed E-state index contributed by atoms with van der Waals surface area (Å²) in [4.78, 5) is 17.9. The van der Waals surface area contributed by atoms with Crippen molar-refractivity contribution in [1.82, 2.24) is 5.32 Å². The zero-order chi connectivity index (χ0) is 27.9. The van der Waals surface area contributed by atoms with E-state index in [0.717, 1.165) is 60.9 Å². The zero-order valence-corrected chi connectivity index (χ0v) is 24.4. The fourth-order valence-corrected chi connectivity index (χ4v) is 9.31. The zero-order valence-electron chi connectivity index (χ0n) is 24.4. The normalized spacial score (nSPS) is 36.2. The Labute approximate surface area is 237 Å². The Morgan fingerprint density at radius 3 is 2.80 bits per heavy atom.